The molecule has 0 fully saturated rings. The van der Waals surface area contributed by atoms with E-state index in [1.54, 1.807) is 13.3 Å². The highest BCUT2D eigenvalue weighted by atomic mass is 16.5. The van der Waals surface area contributed by atoms with Gasteiger partial charge >= 0.3 is 0 Å². The molecule has 0 aliphatic heterocycles. The summed E-state index contributed by atoms with van der Waals surface area (Å²) in [5.74, 6) is 0.875. The lowest BCUT2D eigenvalue weighted by molar-refractivity contribution is 0.414. The highest BCUT2D eigenvalue weighted by Crippen LogP contribution is 2.23. The lowest BCUT2D eigenvalue weighted by Gasteiger charge is -2.18. The van der Waals surface area contributed by atoms with Crippen molar-refractivity contribution in [1.29, 1.82) is 0 Å². The van der Waals surface area contributed by atoms with Crippen molar-refractivity contribution in [3.63, 3.8) is 0 Å². The summed E-state index contributed by atoms with van der Waals surface area (Å²) in [6.45, 7) is 3.01. The number of hydrogen-bond donors (Lipinski definition) is 1. The first kappa shape index (κ1) is 12.6. The molecule has 0 amide bonds. The van der Waals surface area contributed by atoms with Crippen molar-refractivity contribution >= 4 is 0 Å². The minimum atomic E-state index is 0.176. The average Bonchev–Trinajstić information content (AvgIpc) is 2.46. The third kappa shape index (κ3) is 2.87. The molecule has 1 N–H and O–H groups in total. The van der Waals surface area contributed by atoms with Crippen LogP contribution >= 0.6 is 0 Å². The van der Waals surface area contributed by atoms with E-state index < -0.39 is 0 Å². The fraction of sp³-hybridized carbons (Fsp3) is 0.267. The van der Waals surface area contributed by atoms with Gasteiger partial charge in [-0.2, -0.15) is 0 Å². The Bertz CT molecular complexity index is 468. The molecular formula is C15H18N2O. The van der Waals surface area contributed by atoms with Gasteiger partial charge in [0.15, 0.2) is 0 Å². The highest BCUT2D eigenvalue weighted by Gasteiger charge is 2.12. The fourth-order valence-electron chi connectivity index (χ4n) is 1.98. The zero-order valence-electron chi connectivity index (χ0n) is 10.8. The van der Waals surface area contributed by atoms with Gasteiger partial charge in [-0.1, -0.05) is 25.1 Å². The van der Waals surface area contributed by atoms with E-state index in [2.05, 4.69) is 35.4 Å². The maximum atomic E-state index is 5.18. The molecule has 2 rings (SSSR count). The summed E-state index contributed by atoms with van der Waals surface area (Å²) in [5.41, 5.74) is 2.38. The lowest BCUT2D eigenvalue weighted by atomic mass is 10.00. The average molecular weight is 242 g/mol. The molecular weight excluding hydrogens is 224 g/mol. The first-order valence-electron chi connectivity index (χ1n) is 6.12. The molecule has 0 saturated heterocycles. The van der Waals surface area contributed by atoms with E-state index in [0.29, 0.717) is 0 Å². The molecule has 1 heterocycles. The molecule has 2 aromatic rings. The van der Waals surface area contributed by atoms with Crippen molar-refractivity contribution in [2.24, 2.45) is 0 Å². The van der Waals surface area contributed by atoms with Crippen LogP contribution in [0.15, 0.2) is 48.8 Å². The van der Waals surface area contributed by atoms with Gasteiger partial charge in [0.1, 0.15) is 5.75 Å². The van der Waals surface area contributed by atoms with Gasteiger partial charge in [-0.3, -0.25) is 4.98 Å². The van der Waals surface area contributed by atoms with Crippen LogP contribution in [-0.2, 0) is 0 Å². The van der Waals surface area contributed by atoms with E-state index in [4.69, 9.17) is 4.74 Å². The second-order valence-electron chi connectivity index (χ2n) is 4.05. The Balaban J connectivity index is 2.29. The summed E-state index contributed by atoms with van der Waals surface area (Å²) < 4.78 is 5.18. The summed E-state index contributed by atoms with van der Waals surface area (Å²) >= 11 is 0. The number of rotatable bonds is 5. The Kier molecular flexibility index (Phi) is 4.31. The Morgan fingerprint density at radius 1 is 1.17 bits per heavy atom. The fourth-order valence-corrected chi connectivity index (χ4v) is 1.98. The van der Waals surface area contributed by atoms with Gasteiger partial charge in [-0.25, -0.2) is 0 Å². The summed E-state index contributed by atoms with van der Waals surface area (Å²) in [4.78, 5) is 4.18. The van der Waals surface area contributed by atoms with E-state index >= 15 is 0 Å². The number of ether oxygens (including phenoxy) is 1. The molecule has 3 nitrogen and oxygen atoms in total. The van der Waals surface area contributed by atoms with Crippen molar-refractivity contribution in [2.45, 2.75) is 13.0 Å². The minimum Gasteiger partial charge on any atom is -0.497 e. The van der Waals surface area contributed by atoms with Gasteiger partial charge < -0.3 is 10.1 Å². The van der Waals surface area contributed by atoms with Crippen molar-refractivity contribution in [1.82, 2.24) is 10.3 Å². The molecule has 1 aromatic heterocycles. The number of benzene rings is 1. The van der Waals surface area contributed by atoms with Gasteiger partial charge in [-0.05, 0) is 35.9 Å². The molecule has 0 bridgehead atoms. The van der Waals surface area contributed by atoms with Crippen molar-refractivity contribution in [3.05, 3.63) is 59.9 Å². The molecule has 1 atom stereocenters. The maximum absolute atomic E-state index is 5.18. The van der Waals surface area contributed by atoms with E-state index in [9.17, 15) is 0 Å². The standard InChI is InChI=1S/C15H18N2O/c1-3-17-15(13-5-4-10-16-11-13)12-6-8-14(18-2)9-7-12/h4-11,15,17H,3H2,1-2H3/t15-/m0/s1. The van der Waals surface area contributed by atoms with E-state index in [1.807, 2.05) is 24.4 Å². The second kappa shape index (κ2) is 6.17. The predicted octanol–water partition coefficient (Wildman–Crippen LogP) is 2.79. The Labute approximate surface area is 108 Å². The van der Waals surface area contributed by atoms with E-state index in [1.165, 1.54) is 11.1 Å². The van der Waals surface area contributed by atoms with Crippen molar-refractivity contribution in [2.75, 3.05) is 13.7 Å². The first-order valence-corrected chi connectivity index (χ1v) is 6.12. The highest BCUT2D eigenvalue weighted by molar-refractivity contribution is 5.34. The molecule has 0 spiro atoms. The molecule has 0 aliphatic rings. The molecule has 0 radical (unpaired) electrons. The quantitative estimate of drug-likeness (QED) is 0.875. The second-order valence-corrected chi connectivity index (χ2v) is 4.05. The molecule has 0 unspecified atom stereocenters. The third-order valence-corrected chi connectivity index (χ3v) is 2.88. The smallest absolute Gasteiger partial charge is 0.118 e. The van der Waals surface area contributed by atoms with Gasteiger partial charge in [0.25, 0.3) is 0 Å². The van der Waals surface area contributed by atoms with Gasteiger partial charge in [0, 0.05) is 12.4 Å². The molecule has 0 saturated carbocycles. The molecule has 1 aromatic carbocycles. The molecule has 0 aliphatic carbocycles. The summed E-state index contributed by atoms with van der Waals surface area (Å²) in [5, 5.41) is 3.47. The number of aromatic nitrogens is 1. The normalized spacial score (nSPS) is 12.1. The van der Waals surface area contributed by atoms with Crippen molar-refractivity contribution < 1.29 is 4.74 Å². The van der Waals surface area contributed by atoms with Crippen LogP contribution in [-0.4, -0.2) is 18.6 Å². The van der Waals surface area contributed by atoms with Gasteiger partial charge in [0.05, 0.1) is 13.2 Å². The largest absolute Gasteiger partial charge is 0.497 e. The van der Waals surface area contributed by atoms with E-state index in [0.717, 1.165) is 12.3 Å². The Hall–Kier alpha value is -1.87. The maximum Gasteiger partial charge on any atom is 0.118 e. The summed E-state index contributed by atoms with van der Waals surface area (Å²) in [7, 11) is 1.68. The number of hydrogen-bond acceptors (Lipinski definition) is 3. The number of methoxy groups -OCH3 is 1. The lowest BCUT2D eigenvalue weighted by Crippen LogP contribution is -2.22. The molecule has 3 heteroatoms. The van der Waals surface area contributed by atoms with Crippen LogP contribution in [0.5, 0.6) is 5.75 Å². The third-order valence-electron chi connectivity index (χ3n) is 2.88. The topological polar surface area (TPSA) is 34.1 Å². The SMILES string of the molecule is CCN[C@@H](c1ccc(OC)cc1)c1cccnc1. The van der Waals surface area contributed by atoms with Crippen molar-refractivity contribution in [3.8, 4) is 5.75 Å². The van der Waals surface area contributed by atoms with Crippen LogP contribution in [0.4, 0.5) is 0 Å². The zero-order chi connectivity index (χ0) is 12.8. The molecule has 18 heavy (non-hydrogen) atoms. The van der Waals surface area contributed by atoms with Crippen LogP contribution in [0.2, 0.25) is 0 Å². The number of nitrogens with one attached hydrogen (secondary N) is 1. The first-order chi connectivity index (χ1) is 8.85. The van der Waals surface area contributed by atoms with Gasteiger partial charge in [-0.15, -0.1) is 0 Å². The summed E-state index contributed by atoms with van der Waals surface area (Å²) in [6, 6.07) is 12.4. The predicted molar refractivity (Wildman–Crippen MR) is 72.8 cm³/mol. The number of nitrogens with zero attached hydrogens (tertiary/aromatic N) is 1. The van der Waals surface area contributed by atoms with Gasteiger partial charge in [0.2, 0.25) is 0 Å². The zero-order valence-corrected chi connectivity index (χ0v) is 10.8. The van der Waals surface area contributed by atoms with Crippen LogP contribution in [0.3, 0.4) is 0 Å². The summed E-state index contributed by atoms with van der Waals surface area (Å²) in [6.07, 6.45) is 3.69. The van der Waals surface area contributed by atoms with Crippen LogP contribution in [0.25, 0.3) is 0 Å². The van der Waals surface area contributed by atoms with Crippen LogP contribution in [0.1, 0.15) is 24.1 Å². The monoisotopic (exact) mass is 242 g/mol. The number of pyridine rings is 1. The van der Waals surface area contributed by atoms with Crippen LogP contribution in [0, 0.1) is 0 Å². The minimum absolute atomic E-state index is 0.176. The Morgan fingerprint density at radius 2 is 1.94 bits per heavy atom. The van der Waals surface area contributed by atoms with E-state index in [-0.39, 0.29) is 6.04 Å². The Morgan fingerprint density at radius 3 is 2.50 bits per heavy atom. The molecule has 94 valence electrons. The van der Waals surface area contributed by atoms with Crippen LogP contribution < -0.4 is 10.1 Å².